The molecule has 2 N–H and O–H groups in total. The van der Waals surface area contributed by atoms with Gasteiger partial charge in [-0.2, -0.15) is 18.3 Å². The summed E-state index contributed by atoms with van der Waals surface area (Å²) in [7, 11) is 0. The van der Waals surface area contributed by atoms with Crippen molar-refractivity contribution in [3.63, 3.8) is 0 Å². The molecule has 2 aromatic rings. The predicted octanol–water partition coefficient (Wildman–Crippen LogP) is 3.31. The molecule has 2 heterocycles. The number of carbonyl (C=O) groups excluding carboxylic acids is 1. The molecule has 0 saturated carbocycles. The van der Waals surface area contributed by atoms with Gasteiger partial charge in [-0.1, -0.05) is 6.07 Å². The molecule has 1 amide bonds. The molecule has 1 aromatic heterocycles. The summed E-state index contributed by atoms with van der Waals surface area (Å²) in [6.07, 6.45) is -0.709. The average molecular weight is 382 g/mol. The Hall–Kier alpha value is -2.55. The van der Waals surface area contributed by atoms with Crippen LogP contribution in [0.15, 0.2) is 30.5 Å². The molecular formula is C18H21F3N4O2. The molecule has 1 aliphatic heterocycles. The number of nitrogens with zero attached hydrogens (tertiary/aromatic N) is 2. The van der Waals surface area contributed by atoms with Gasteiger partial charge >= 0.3 is 6.18 Å². The fraction of sp³-hybridized carbons (Fsp3) is 0.444. The fourth-order valence-corrected chi connectivity index (χ4v) is 2.92. The molecule has 1 fully saturated rings. The maximum absolute atomic E-state index is 12.5. The van der Waals surface area contributed by atoms with E-state index in [1.807, 2.05) is 0 Å². The second-order valence-electron chi connectivity index (χ2n) is 6.54. The van der Waals surface area contributed by atoms with Crippen LogP contribution in [-0.4, -0.2) is 41.6 Å². The normalized spacial score (nSPS) is 17.6. The van der Waals surface area contributed by atoms with Crippen molar-refractivity contribution in [3.8, 4) is 5.75 Å². The van der Waals surface area contributed by atoms with Crippen molar-refractivity contribution in [2.24, 2.45) is 0 Å². The molecule has 1 unspecified atom stereocenters. The van der Waals surface area contributed by atoms with Crippen LogP contribution in [0.1, 0.15) is 34.9 Å². The van der Waals surface area contributed by atoms with Crippen LogP contribution in [0.4, 0.5) is 18.9 Å². The highest BCUT2D eigenvalue weighted by Gasteiger charge is 2.29. The third-order valence-electron chi connectivity index (χ3n) is 4.26. The summed E-state index contributed by atoms with van der Waals surface area (Å²) in [6, 6.07) is 6.43. The van der Waals surface area contributed by atoms with Gasteiger partial charge in [-0.15, -0.1) is 0 Å². The molecule has 1 atom stereocenters. The summed E-state index contributed by atoms with van der Waals surface area (Å²) in [5, 5.41) is 10.2. The van der Waals surface area contributed by atoms with Crippen molar-refractivity contribution in [1.82, 2.24) is 15.1 Å². The topological polar surface area (TPSA) is 68.2 Å². The van der Waals surface area contributed by atoms with Crippen molar-refractivity contribution in [3.05, 3.63) is 41.7 Å². The molecule has 9 heteroatoms. The van der Waals surface area contributed by atoms with E-state index in [4.69, 9.17) is 4.74 Å². The number of carbonyl (C=O) groups is 1. The van der Waals surface area contributed by atoms with E-state index in [-0.39, 0.29) is 23.2 Å². The number of hydrogen-bond donors (Lipinski definition) is 2. The summed E-state index contributed by atoms with van der Waals surface area (Å²) < 4.78 is 43.9. The van der Waals surface area contributed by atoms with Gasteiger partial charge in [0.25, 0.3) is 5.91 Å². The number of piperidine rings is 1. The molecule has 1 aromatic carbocycles. The van der Waals surface area contributed by atoms with E-state index in [2.05, 4.69) is 15.7 Å². The van der Waals surface area contributed by atoms with E-state index in [0.717, 1.165) is 31.5 Å². The number of halogens is 3. The van der Waals surface area contributed by atoms with Gasteiger partial charge in [0.15, 0.2) is 12.3 Å². The minimum Gasteiger partial charge on any atom is -0.482 e. The minimum atomic E-state index is -4.46. The van der Waals surface area contributed by atoms with E-state index in [1.54, 1.807) is 29.9 Å². The molecule has 0 spiro atoms. The van der Waals surface area contributed by atoms with E-state index in [9.17, 15) is 18.0 Å². The van der Waals surface area contributed by atoms with Gasteiger partial charge in [0.05, 0.1) is 11.7 Å². The van der Waals surface area contributed by atoms with Crippen molar-refractivity contribution >= 4 is 11.6 Å². The molecule has 0 bridgehead atoms. The van der Waals surface area contributed by atoms with E-state index < -0.39 is 18.7 Å². The highest BCUT2D eigenvalue weighted by Crippen LogP contribution is 2.28. The second-order valence-corrected chi connectivity index (χ2v) is 6.54. The Morgan fingerprint density at radius 1 is 1.41 bits per heavy atom. The first kappa shape index (κ1) is 19.2. The minimum absolute atomic E-state index is 0.0309. The zero-order chi connectivity index (χ0) is 19.4. The summed E-state index contributed by atoms with van der Waals surface area (Å²) in [4.78, 5) is 12.5. The van der Waals surface area contributed by atoms with Crippen molar-refractivity contribution < 1.29 is 22.7 Å². The summed E-state index contributed by atoms with van der Waals surface area (Å²) in [5.41, 5.74) is 1.09. The molecule has 146 valence electrons. The zero-order valence-corrected chi connectivity index (χ0v) is 14.8. The number of aryl methyl sites for hydroxylation is 1. The van der Waals surface area contributed by atoms with Crippen LogP contribution in [0, 0.1) is 6.92 Å². The third-order valence-corrected chi connectivity index (χ3v) is 4.26. The Morgan fingerprint density at radius 2 is 2.22 bits per heavy atom. The van der Waals surface area contributed by atoms with Crippen LogP contribution < -0.4 is 15.4 Å². The highest BCUT2D eigenvalue weighted by atomic mass is 19.4. The van der Waals surface area contributed by atoms with Crippen LogP contribution in [-0.2, 0) is 0 Å². The number of ether oxygens (including phenoxy) is 1. The molecular weight excluding hydrogens is 361 g/mol. The quantitative estimate of drug-likeness (QED) is 0.833. The van der Waals surface area contributed by atoms with Gasteiger partial charge in [0.1, 0.15) is 5.75 Å². The van der Waals surface area contributed by atoms with Gasteiger partial charge in [0, 0.05) is 12.7 Å². The maximum atomic E-state index is 12.5. The fourth-order valence-electron chi connectivity index (χ4n) is 2.92. The van der Waals surface area contributed by atoms with Gasteiger partial charge in [-0.3, -0.25) is 9.48 Å². The van der Waals surface area contributed by atoms with Crippen LogP contribution in [0.25, 0.3) is 0 Å². The summed E-state index contributed by atoms with van der Waals surface area (Å²) in [6.45, 7) is 2.06. The zero-order valence-electron chi connectivity index (χ0n) is 14.8. The standard InChI is InChI=1S/C18H21F3N4O2/c1-12-4-5-14(16(9-12)27-11-18(19,20)21)23-17(26)15-6-8-25(24-15)13-3-2-7-22-10-13/h4-6,8-9,13,22H,2-3,7,10-11H2,1H3,(H,23,26). The van der Waals surface area contributed by atoms with Gasteiger partial charge < -0.3 is 15.4 Å². The van der Waals surface area contributed by atoms with Crippen molar-refractivity contribution in [2.45, 2.75) is 32.0 Å². The molecule has 0 aliphatic carbocycles. The Balaban J connectivity index is 1.71. The van der Waals surface area contributed by atoms with E-state index >= 15 is 0 Å². The number of aromatic nitrogens is 2. The van der Waals surface area contributed by atoms with Crippen molar-refractivity contribution in [2.75, 3.05) is 25.0 Å². The Kier molecular flexibility index (Phi) is 5.69. The van der Waals surface area contributed by atoms with Gasteiger partial charge in [-0.25, -0.2) is 0 Å². The number of alkyl halides is 3. The van der Waals surface area contributed by atoms with Gasteiger partial charge in [0.2, 0.25) is 0 Å². The van der Waals surface area contributed by atoms with Crippen molar-refractivity contribution in [1.29, 1.82) is 0 Å². The van der Waals surface area contributed by atoms with Crippen LogP contribution in [0.2, 0.25) is 0 Å². The number of anilines is 1. The molecule has 3 rings (SSSR count). The number of rotatable bonds is 5. The Morgan fingerprint density at radius 3 is 2.93 bits per heavy atom. The van der Waals surface area contributed by atoms with Crippen LogP contribution >= 0.6 is 0 Å². The number of hydrogen-bond acceptors (Lipinski definition) is 4. The van der Waals surface area contributed by atoms with E-state index in [0.29, 0.717) is 0 Å². The first-order valence-corrected chi connectivity index (χ1v) is 8.69. The lowest BCUT2D eigenvalue weighted by atomic mass is 10.1. The number of benzene rings is 1. The maximum Gasteiger partial charge on any atom is 0.422 e. The number of amides is 1. The lowest BCUT2D eigenvalue weighted by Crippen LogP contribution is -2.32. The predicted molar refractivity (Wildman–Crippen MR) is 94.0 cm³/mol. The molecule has 27 heavy (non-hydrogen) atoms. The van der Waals surface area contributed by atoms with Crippen LogP contribution in [0.5, 0.6) is 5.75 Å². The molecule has 0 radical (unpaired) electrons. The first-order valence-electron chi connectivity index (χ1n) is 8.69. The first-order chi connectivity index (χ1) is 12.8. The Labute approximate surface area is 154 Å². The lowest BCUT2D eigenvalue weighted by molar-refractivity contribution is -0.153. The summed E-state index contributed by atoms with van der Waals surface area (Å²) in [5.74, 6) is -0.533. The monoisotopic (exact) mass is 382 g/mol. The lowest BCUT2D eigenvalue weighted by Gasteiger charge is -2.22. The van der Waals surface area contributed by atoms with E-state index in [1.165, 1.54) is 12.1 Å². The molecule has 6 nitrogen and oxygen atoms in total. The number of nitrogens with one attached hydrogen (secondary N) is 2. The highest BCUT2D eigenvalue weighted by molar-refractivity contribution is 6.03. The van der Waals surface area contributed by atoms with Gasteiger partial charge in [-0.05, 0) is 50.1 Å². The Bertz CT molecular complexity index is 798. The second kappa shape index (κ2) is 7.99. The molecule has 1 saturated heterocycles. The summed E-state index contributed by atoms with van der Waals surface area (Å²) >= 11 is 0. The SMILES string of the molecule is Cc1ccc(NC(=O)c2ccn(C3CCCNC3)n2)c(OCC(F)(F)F)c1. The molecule has 1 aliphatic rings. The third kappa shape index (κ3) is 5.22. The van der Waals surface area contributed by atoms with Crippen LogP contribution in [0.3, 0.4) is 0 Å². The smallest absolute Gasteiger partial charge is 0.422 e. The average Bonchev–Trinajstić information content (AvgIpc) is 3.12. The largest absolute Gasteiger partial charge is 0.482 e.